The van der Waals surface area contributed by atoms with E-state index in [0.717, 1.165) is 6.04 Å². The molecule has 1 nitrogen and oxygen atoms in total. The third-order valence-corrected chi connectivity index (χ3v) is 3.23. The van der Waals surface area contributed by atoms with Gasteiger partial charge in [-0.05, 0) is 38.8 Å². The lowest BCUT2D eigenvalue weighted by molar-refractivity contribution is 0.165. The van der Waals surface area contributed by atoms with Gasteiger partial charge in [0.25, 0.3) is 0 Å². The highest BCUT2D eigenvalue weighted by molar-refractivity contribution is 4.79. The minimum atomic E-state index is 0.982. The van der Waals surface area contributed by atoms with Gasteiger partial charge in [-0.2, -0.15) is 0 Å². The Balaban J connectivity index is 0.000000396. The molecule has 78 valence electrons. The van der Waals surface area contributed by atoms with Crippen molar-refractivity contribution in [1.29, 1.82) is 0 Å². The van der Waals surface area contributed by atoms with Crippen LogP contribution in [0.4, 0.5) is 0 Å². The minimum absolute atomic E-state index is 0.982. The van der Waals surface area contributed by atoms with Crippen molar-refractivity contribution in [3.8, 4) is 0 Å². The van der Waals surface area contributed by atoms with E-state index in [-0.39, 0.29) is 0 Å². The molecule has 0 unspecified atom stereocenters. The molecule has 2 fully saturated rings. The van der Waals surface area contributed by atoms with Crippen LogP contribution in [0.25, 0.3) is 0 Å². The average Bonchev–Trinajstić information content (AvgIpc) is 2.75. The summed E-state index contributed by atoms with van der Waals surface area (Å²) in [4.78, 5) is 2.73. The molecule has 1 saturated carbocycles. The molecule has 1 saturated heterocycles. The first-order valence-corrected chi connectivity index (χ1v) is 6.21. The molecule has 2 rings (SSSR count). The monoisotopic (exact) mass is 183 g/mol. The fourth-order valence-corrected chi connectivity index (χ4v) is 2.55. The molecule has 1 aliphatic heterocycles. The van der Waals surface area contributed by atoms with Gasteiger partial charge in [0.1, 0.15) is 0 Å². The number of hydrogen-bond donors (Lipinski definition) is 0. The highest BCUT2D eigenvalue weighted by Gasteiger charge is 2.23. The van der Waals surface area contributed by atoms with Crippen molar-refractivity contribution in [3.05, 3.63) is 0 Å². The Kier molecular flexibility index (Phi) is 5.45. The van der Waals surface area contributed by atoms with Crippen molar-refractivity contribution in [2.24, 2.45) is 0 Å². The van der Waals surface area contributed by atoms with E-state index in [9.17, 15) is 0 Å². The molecule has 0 spiro atoms. The Hall–Kier alpha value is -0.0400. The molecule has 1 aliphatic carbocycles. The van der Waals surface area contributed by atoms with E-state index in [0.29, 0.717) is 0 Å². The molecular formula is C12H25N. The van der Waals surface area contributed by atoms with E-state index in [1.54, 1.807) is 0 Å². The van der Waals surface area contributed by atoms with E-state index in [1.165, 1.54) is 58.0 Å². The zero-order chi connectivity index (χ0) is 9.52. The molecule has 0 bridgehead atoms. The fourth-order valence-electron chi connectivity index (χ4n) is 2.55. The molecule has 0 aromatic heterocycles. The summed E-state index contributed by atoms with van der Waals surface area (Å²) in [6.07, 6.45) is 10.3. The Morgan fingerprint density at radius 1 is 0.769 bits per heavy atom. The van der Waals surface area contributed by atoms with Crippen LogP contribution in [0, 0.1) is 0 Å². The minimum Gasteiger partial charge on any atom is -0.300 e. The van der Waals surface area contributed by atoms with E-state index < -0.39 is 0 Å². The molecule has 0 aromatic carbocycles. The summed E-state index contributed by atoms with van der Waals surface area (Å²) >= 11 is 0. The smallest absolute Gasteiger partial charge is 0.00952 e. The summed E-state index contributed by atoms with van der Waals surface area (Å²) in [6, 6.07) is 0.982. The van der Waals surface area contributed by atoms with Gasteiger partial charge >= 0.3 is 0 Å². The van der Waals surface area contributed by atoms with Crippen molar-refractivity contribution < 1.29 is 0 Å². The normalized spacial score (nSPS) is 25.4. The number of likely N-dealkylation sites (tertiary alicyclic amines) is 1. The number of nitrogens with zero attached hydrogens (tertiary/aromatic N) is 1. The average molecular weight is 183 g/mol. The van der Waals surface area contributed by atoms with Crippen molar-refractivity contribution in [3.63, 3.8) is 0 Å². The van der Waals surface area contributed by atoms with Gasteiger partial charge in [0.05, 0.1) is 0 Å². The van der Waals surface area contributed by atoms with Gasteiger partial charge < -0.3 is 4.90 Å². The van der Waals surface area contributed by atoms with Crippen LogP contribution in [-0.4, -0.2) is 24.0 Å². The standard InChI is InChI=1S/C10H19N.C2H6/c1-4-8-11(9-5-1)10-6-2-3-7-10;1-2/h10H,1-9H2;1-2H3. The third-order valence-electron chi connectivity index (χ3n) is 3.23. The van der Waals surface area contributed by atoms with Crippen LogP contribution >= 0.6 is 0 Å². The molecule has 13 heavy (non-hydrogen) atoms. The van der Waals surface area contributed by atoms with Gasteiger partial charge in [-0.1, -0.05) is 33.1 Å². The summed E-state index contributed by atoms with van der Waals surface area (Å²) in [6.45, 7) is 6.79. The number of piperidine rings is 1. The Labute approximate surface area is 83.5 Å². The van der Waals surface area contributed by atoms with Crippen LogP contribution in [0.3, 0.4) is 0 Å². The molecule has 0 N–H and O–H groups in total. The number of hydrogen-bond acceptors (Lipinski definition) is 1. The molecular weight excluding hydrogens is 158 g/mol. The Morgan fingerprint density at radius 2 is 1.31 bits per heavy atom. The fraction of sp³-hybridized carbons (Fsp3) is 1.00. The van der Waals surface area contributed by atoms with Gasteiger partial charge in [-0.25, -0.2) is 0 Å². The van der Waals surface area contributed by atoms with Crippen molar-refractivity contribution in [1.82, 2.24) is 4.90 Å². The van der Waals surface area contributed by atoms with Crippen molar-refractivity contribution in [2.75, 3.05) is 13.1 Å². The van der Waals surface area contributed by atoms with E-state index in [4.69, 9.17) is 0 Å². The maximum Gasteiger partial charge on any atom is 0.00952 e. The van der Waals surface area contributed by atoms with Crippen molar-refractivity contribution in [2.45, 2.75) is 64.8 Å². The predicted molar refractivity (Wildman–Crippen MR) is 59.0 cm³/mol. The lowest BCUT2D eigenvalue weighted by Crippen LogP contribution is -2.37. The first-order valence-electron chi connectivity index (χ1n) is 6.21. The van der Waals surface area contributed by atoms with Crippen LogP contribution in [0.1, 0.15) is 58.8 Å². The molecule has 0 atom stereocenters. The summed E-state index contributed by atoms with van der Waals surface area (Å²) in [7, 11) is 0. The van der Waals surface area contributed by atoms with Crippen LogP contribution in [0.15, 0.2) is 0 Å². The Bertz CT molecular complexity index is 110. The molecule has 1 heterocycles. The largest absolute Gasteiger partial charge is 0.300 e. The second kappa shape index (κ2) is 6.42. The van der Waals surface area contributed by atoms with Crippen LogP contribution < -0.4 is 0 Å². The lowest BCUT2D eigenvalue weighted by atomic mass is 10.1. The van der Waals surface area contributed by atoms with Crippen LogP contribution in [0.2, 0.25) is 0 Å². The second-order valence-electron chi connectivity index (χ2n) is 4.03. The van der Waals surface area contributed by atoms with E-state index in [2.05, 4.69) is 4.90 Å². The SMILES string of the molecule is C1CCN(C2CCCC2)CC1.CC. The highest BCUT2D eigenvalue weighted by Crippen LogP contribution is 2.25. The lowest BCUT2D eigenvalue weighted by Gasteiger charge is -2.31. The topological polar surface area (TPSA) is 3.24 Å². The van der Waals surface area contributed by atoms with E-state index in [1.807, 2.05) is 13.8 Å². The third kappa shape index (κ3) is 3.30. The van der Waals surface area contributed by atoms with Gasteiger partial charge in [-0.15, -0.1) is 0 Å². The summed E-state index contributed by atoms with van der Waals surface area (Å²) in [5.41, 5.74) is 0. The summed E-state index contributed by atoms with van der Waals surface area (Å²) in [5, 5.41) is 0. The summed E-state index contributed by atoms with van der Waals surface area (Å²) < 4.78 is 0. The molecule has 1 heteroatoms. The zero-order valence-electron chi connectivity index (χ0n) is 9.39. The second-order valence-corrected chi connectivity index (χ2v) is 4.03. The molecule has 0 amide bonds. The van der Waals surface area contributed by atoms with Gasteiger partial charge in [-0.3, -0.25) is 0 Å². The molecule has 0 radical (unpaired) electrons. The predicted octanol–water partition coefficient (Wildman–Crippen LogP) is 3.44. The van der Waals surface area contributed by atoms with Crippen LogP contribution in [0.5, 0.6) is 0 Å². The van der Waals surface area contributed by atoms with Gasteiger partial charge in [0, 0.05) is 6.04 Å². The van der Waals surface area contributed by atoms with E-state index >= 15 is 0 Å². The molecule has 2 aliphatic rings. The zero-order valence-corrected chi connectivity index (χ0v) is 9.39. The van der Waals surface area contributed by atoms with Gasteiger partial charge in [0.15, 0.2) is 0 Å². The van der Waals surface area contributed by atoms with Crippen LogP contribution in [-0.2, 0) is 0 Å². The summed E-state index contributed by atoms with van der Waals surface area (Å²) in [5.74, 6) is 0. The Morgan fingerprint density at radius 3 is 1.85 bits per heavy atom. The number of rotatable bonds is 1. The quantitative estimate of drug-likeness (QED) is 0.602. The first-order chi connectivity index (χ1) is 6.47. The maximum atomic E-state index is 2.73. The molecule has 0 aromatic rings. The van der Waals surface area contributed by atoms with Gasteiger partial charge in [0.2, 0.25) is 0 Å². The first kappa shape index (κ1) is 11.0. The van der Waals surface area contributed by atoms with Crippen molar-refractivity contribution >= 4 is 0 Å². The highest BCUT2D eigenvalue weighted by atomic mass is 15.2. The maximum absolute atomic E-state index is 2.73.